The van der Waals surface area contributed by atoms with Gasteiger partial charge in [0.15, 0.2) is 6.23 Å². The van der Waals surface area contributed by atoms with Crippen LogP contribution in [0.25, 0.3) is 0 Å². The lowest BCUT2D eigenvalue weighted by Crippen LogP contribution is -2.47. The highest BCUT2D eigenvalue weighted by molar-refractivity contribution is 5.10. The van der Waals surface area contributed by atoms with Crippen molar-refractivity contribution in [2.24, 2.45) is 0 Å². The zero-order valence-corrected chi connectivity index (χ0v) is 9.79. The molecule has 0 amide bonds. The molecule has 0 radical (unpaired) electrons. The molecule has 18 heavy (non-hydrogen) atoms. The molecule has 2 heterocycles. The minimum atomic E-state index is -1.31. The Kier molecular flexibility index (Phi) is 3.20. The van der Waals surface area contributed by atoms with E-state index in [1.165, 1.54) is 13.1 Å². The van der Waals surface area contributed by atoms with Crippen LogP contribution in [0.15, 0.2) is 27.9 Å². The van der Waals surface area contributed by atoms with Crippen molar-refractivity contribution >= 4 is 0 Å². The SMILES string of the molecule is C=C1CO[C@H](n2cc(C)c(=O)[nH]c2=O)[C@@H](O)[C@H]1O. The van der Waals surface area contributed by atoms with Crippen molar-refractivity contribution in [3.63, 3.8) is 0 Å². The van der Waals surface area contributed by atoms with Crippen LogP contribution in [0, 0.1) is 6.92 Å². The lowest BCUT2D eigenvalue weighted by atomic mass is 10.0. The summed E-state index contributed by atoms with van der Waals surface area (Å²) in [6.07, 6.45) is -2.23. The lowest BCUT2D eigenvalue weighted by Gasteiger charge is -2.34. The Labute approximate surface area is 102 Å². The normalized spacial score (nSPS) is 28.4. The predicted molar refractivity (Wildman–Crippen MR) is 62.2 cm³/mol. The van der Waals surface area contributed by atoms with Gasteiger partial charge < -0.3 is 14.9 Å². The number of aryl methyl sites for hydroxylation is 1. The number of nitrogens with one attached hydrogen (secondary N) is 1. The number of hydrogen-bond donors (Lipinski definition) is 3. The van der Waals surface area contributed by atoms with Crippen molar-refractivity contribution < 1.29 is 14.9 Å². The van der Waals surface area contributed by atoms with Gasteiger partial charge in [-0.05, 0) is 12.5 Å². The van der Waals surface area contributed by atoms with Crippen LogP contribution in [0.3, 0.4) is 0 Å². The molecule has 3 atom stereocenters. The zero-order valence-electron chi connectivity index (χ0n) is 9.79. The van der Waals surface area contributed by atoms with Gasteiger partial charge in [0.25, 0.3) is 5.56 Å². The monoisotopic (exact) mass is 254 g/mol. The van der Waals surface area contributed by atoms with E-state index in [4.69, 9.17) is 4.74 Å². The van der Waals surface area contributed by atoms with Crippen LogP contribution in [-0.2, 0) is 4.74 Å². The fourth-order valence-electron chi connectivity index (χ4n) is 1.79. The van der Waals surface area contributed by atoms with Crippen LogP contribution in [0.2, 0.25) is 0 Å². The molecule has 1 aromatic rings. The van der Waals surface area contributed by atoms with E-state index in [2.05, 4.69) is 11.6 Å². The molecule has 0 aromatic carbocycles. The summed E-state index contributed by atoms with van der Waals surface area (Å²) in [6, 6.07) is 0. The molecule has 7 heteroatoms. The molecule has 0 saturated carbocycles. The molecule has 98 valence electrons. The summed E-state index contributed by atoms with van der Waals surface area (Å²) in [5.41, 5.74) is -0.543. The lowest BCUT2D eigenvalue weighted by molar-refractivity contribution is -0.141. The van der Waals surface area contributed by atoms with Crippen molar-refractivity contribution in [3.8, 4) is 0 Å². The Balaban J connectivity index is 2.44. The molecule has 0 spiro atoms. The summed E-state index contributed by atoms with van der Waals surface area (Å²) in [5, 5.41) is 19.5. The first kappa shape index (κ1) is 12.7. The van der Waals surface area contributed by atoms with Crippen molar-refractivity contribution in [3.05, 3.63) is 44.8 Å². The minimum Gasteiger partial charge on any atom is -0.386 e. The molecule has 2 rings (SSSR count). The molecule has 1 aromatic heterocycles. The van der Waals surface area contributed by atoms with Gasteiger partial charge in [-0.1, -0.05) is 6.58 Å². The predicted octanol–water partition coefficient (Wildman–Crippen LogP) is -1.35. The molecule has 0 aliphatic carbocycles. The standard InChI is InChI=1S/C11H14N2O5/c1-5-3-13(11(17)12-9(5)16)10-8(15)7(14)6(2)4-18-10/h3,7-8,10,14-15H,2,4H2,1H3,(H,12,16,17)/t7-,8-,10-/m0/s1. The van der Waals surface area contributed by atoms with E-state index in [0.717, 1.165) is 4.57 Å². The van der Waals surface area contributed by atoms with E-state index in [1.807, 2.05) is 0 Å². The molecule has 0 bridgehead atoms. The van der Waals surface area contributed by atoms with Gasteiger partial charge in [0.1, 0.15) is 12.2 Å². The average molecular weight is 254 g/mol. The second-order valence-corrected chi connectivity index (χ2v) is 4.27. The van der Waals surface area contributed by atoms with Gasteiger partial charge in [-0.15, -0.1) is 0 Å². The number of aromatic nitrogens is 2. The maximum absolute atomic E-state index is 11.6. The van der Waals surface area contributed by atoms with Crippen LogP contribution in [-0.4, -0.2) is 38.6 Å². The van der Waals surface area contributed by atoms with E-state index < -0.39 is 29.7 Å². The van der Waals surface area contributed by atoms with E-state index in [0.29, 0.717) is 11.1 Å². The number of aliphatic hydroxyl groups is 2. The van der Waals surface area contributed by atoms with Crippen molar-refractivity contribution in [1.82, 2.24) is 9.55 Å². The maximum Gasteiger partial charge on any atom is 0.330 e. The number of H-pyrrole nitrogens is 1. The van der Waals surface area contributed by atoms with Gasteiger partial charge in [0, 0.05) is 11.8 Å². The van der Waals surface area contributed by atoms with E-state index in [1.54, 1.807) is 0 Å². The molecule has 1 aliphatic heterocycles. The molecular weight excluding hydrogens is 240 g/mol. The second kappa shape index (κ2) is 4.52. The fraction of sp³-hybridized carbons (Fsp3) is 0.455. The van der Waals surface area contributed by atoms with Gasteiger partial charge in [0.2, 0.25) is 0 Å². The first-order valence-electron chi connectivity index (χ1n) is 5.39. The van der Waals surface area contributed by atoms with Crippen molar-refractivity contribution in [2.75, 3.05) is 6.61 Å². The van der Waals surface area contributed by atoms with E-state index in [-0.39, 0.29) is 6.61 Å². The number of aliphatic hydroxyl groups excluding tert-OH is 2. The van der Waals surface area contributed by atoms with Crippen LogP contribution in [0.4, 0.5) is 0 Å². The van der Waals surface area contributed by atoms with E-state index in [9.17, 15) is 19.8 Å². The quantitative estimate of drug-likeness (QED) is 0.538. The van der Waals surface area contributed by atoms with Crippen LogP contribution in [0.1, 0.15) is 11.8 Å². The summed E-state index contributed by atoms with van der Waals surface area (Å²) in [6.45, 7) is 5.11. The molecular formula is C11H14N2O5. The third-order valence-corrected chi connectivity index (χ3v) is 2.89. The Hall–Kier alpha value is -1.70. The summed E-state index contributed by atoms with van der Waals surface area (Å²) >= 11 is 0. The molecule has 1 saturated heterocycles. The first-order chi connectivity index (χ1) is 8.41. The average Bonchev–Trinajstić information content (AvgIpc) is 2.32. The van der Waals surface area contributed by atoms with E-state index >= 15 is 0 Å². The molecule has 7 nitrogen and oxygen atoms in total. The van der Waals surface area contributed by atoms with Crippen molar-refractivity contribution in [2.45, 2.75) is 25.4 Å². The zero-order chi connectivity index (χ0) is 13.4. The summed E-state index contributed by atoms with van der Waals surface area (Å²) < 4.78 is 6.32. The highest BCUT2D eigenvalue weighted by atomic mass is 16.5. The molecule has 1 fully saturated rings. The molecule has 1 aliphatic rings. The Morgan fingerprint density at radius 1 is 1.50 bits per heavy atom. The second-order valence-electron chi connectivity index (χ2n) is 4.27. The van der Waals surface area contributed by atoms with Crippen LogP contribution in [0.5, 0.6) is 0 Å². The molecule has 3 N–H and O–H groups in total. The maximum atomic E-state index is 11.6. The van der Waals surface area contributed by atoms with Crippen LogP contribution >= 0.6 is 0 Å². The van der Waals surface area contributed by atoms with Gasteiger partial charge >= 0.3 is 5.69 Å². The number of rotatable bonds is 1. The number of aromatic amines is 1. The summed E-state index contributed by atoms with van der Waals surface area (Å²) in [7, 11) is 0. The Morgan fingerprint density at radius 2 is 2.17 bits per heavy atom. The van der Waals surface area contributed by atoms with Gasteiger partial charge in [0.05, 0.1) is 6.61 Å². The number of nitrogens with zero attached hydrogens (tertiary/aromatic N) is 1. The Morgan fingerprint density at radius 3 is 2.83 bits per heavy atom. The fourth-order valence-corrected chi connectivity index (χ4v) is 1.79. The topological polar surface area (TPSA) is 105 Å². The Bertz CT molecular complexity index is 588. The summed E-state index contributed by atoms with van der Waals surface area (Å²) in [4.78, 5) is 25.0. The van der Waals surface area contributed by atoms with Gasteiger partial charge in [-0.25, -0.2) is 4.79 Å². The number of hydrogen-bond acceptors (Lipinski definition) is 5. The highest BCUT2D eigenvalue weighted by Gasteiger charge is 2.35. The van der Waals surface area contributed by atoms with Gasteiger partial charge in [-0.2, -0.15) is 0 Å². The first-order valence-corrected chi connectivity index (χ1v) is 5.39. The molecule has 0 unspecified atom stereocenters. The third-order valence-electron chi connectivity index (χ3n) is 2.89. The smallest absolute Gasteiger partial charge is 0.330 e. The summed E-state index contributed by atoms with van der Waals surface area (Å²) in [5.74, 6) is 0. The highest BCUT2D eigenvalue weighted by Crippen LogP contribution is 2.24. The largest absolute Gasteiger partial charge is 0.386 e. The van der Waals surface area contributed by atoms with Crippen molar-refractivity contribution in [1.29, 1.82) is 0 Å². The minimum absolute atomic E-state index is 0.0352. The third kappa shape index (κ3) is 2.03. The van der Waals surface area contributed by atoms with Gasteiger partial charge in [-0.3, -0.25) is 14.3 Å². The number of ether oxygens (including phenoxy) is 1. The van der Waals surface area contributed by atoms with Crippen LogP contribution < -0.4 is 11.2 Å².